The second-order valence-corrected chi connectivity index (χ2v) is 5.46. The second kappa shape index (κ2) is 5.95. The molecule has 0 aromatic carbocycles. The normalized spacial score (nSPS) is 22.2. The number of hydrogen-bond donors (Lipinski definition) is 1. The van der Waals surface area contributed by atoms with Gasteiger partial charge in [-0.15, -0.1) is 11.3 Å². The van der Waals surface area contributed by atoms with E-state index in [1.807, 2.05) is 30.4 Å². The lowest BCUT2D eigenvalue weighted by atomic mass is 9.86. The van der Waals surface area contributed by atoms with Crippen LogP contribution in [0.1, 0.15) is 11.3 Å². The molecule has 4 nitrogen and oxygen atoms in total. The molecule has 2 N–H and O–H groups in total. The smallest absolute Gasteiger partial charge is 0.162 e. The first-order chi connectivity index (χ1) is 9.66. The monoisotopic (exact) mass is 288 g/mol. The van der Waals surface area contributed by atoms with Crippen molar-refractivity contribution in [2.45, 2.75) is 12.0 Å². The van der Waals surface area contributed by atoms with E-state index in [2.05, 4.69) is 0 Å². The van der Waals surface area contributed by atoms with E-state index in [0.29, 0.717) is 6.42 Å². The summed E-state index contributed by atoms with van der Waals surface area (Å²) in [7, 11) is 3.28. The maximum atomic E-state index is 8.65. The average molecular weight is 288 g/mol. The molecule has 1 unspecified atom stereocenters. The van der Waals surface area contributed by atoms with Crippen molar-refractivity contribution in [3.63, 3.8) is 0 Å². The Labute approximate surface area is 122 Å². The van der Waals surface area contributed by atoms with Gasteiger partial charge in [0, 0.05) is 24.5 Å². The molecule has 1 aliphatic rings. The fourth-order valence-electron chi connectivity index (χ4n) is 2.29. The van der Waals surface area contributed by atoms with E-state index in [9.17, 15) is 0 Å². The molecule has 0 radical (unpaired) electrons. The number of nitriles is 1. The summed E-state index contributed by atoms with van der Waals surface area (Å²) in [5, 5.41) is 9.38. The van der Waals surface area contributed by atoms with E-state index in [0.717, 1.165) is 21.2 Å². The Bertz CT molecular complexity index is 622. The third-order valence-corrected chi connectivity index (χ3v) is 4.32. The van der Waals surface area contributed by atoms with Crippen LogP contribution in [0.25, 0.3) is 0 Å². The first kappa shape index (κ1) is 14.4. The van der Waals surface area contributed by atoms with Crippen LogP contribution in [-0.4, -0.2) is 14.2 Å². The number of hydrogen-bond acceptors (Lipinski definition) is 5. The predicted octanol–water partition coefficient (Wildman–Crippen LogP) is 3.11. The standard InChI is InChI=1S/C15H16N2O2S/c1-18-12-6-5-11(4-3-9-16)10-15(12,19-2)13-7-8-14(17)20-13/h3-8H,10,17H2,1-2H3. The van der Waals surface area contributed by atoms with Crippen molar-refractivity contribution < 1.29 is 9.47 Å². The highest BCUT2D eigenvalue weighted by molar-refractivity contribution is 7.16. The van der Waals surface area contributed by atoms with Crippen LogP contribution in [0, 0.1) is 11.3 Å². The van der Waals surface area contributed by atoms with Gasteiger partial charge in [-0.25, -0.2) is 0 Å². The maximum Gasteiger partial charge on any atom is 0.162 e. The van der Waals surface area contributed by atoms with Gasteiger partial charge in [0.05, 0.1) is 18.2 Å². The van der Waals surface area contributed by atoms with Crippen LogP contribution in [-0.2, 0) is 15.1 Å². The number of thiophene rings is 1. The number of nitrogens with two attached hydrogens (primary N) is 1. The number of nitrogens with zero attached hydrogens (tertiary/aromatic N) is 1. The van der Waals surface area contributed by atoms with Gasteiger partial charge < -0.3 is 15.2 Å². The highest BCUT2D eigenvalue weighted by Crippen LogP contribution is 2.45. The van der Waals surface area contributed by atoms with Crippen LogP contribution in [0.3, 0.4) is 0 Å². The minimum absolute atomic E-state index is 0.599. The summed E-state index contributed by atoms with van der Waals surface area (Å²) in [4.78, 5) is 0.988. The molecule has 0 saturated carbocycles. The van der Waals surface area contributed by atoms with Crippen molar-refractivity contribution >= 4 is 16.3 Å². The minimum atomic E-state index is -0.680. The lowest BCUT2D eigenvalue weighted by Gasteiger charge is -2.35. The SMILES string of the molecule is COC1=CC=C(C=CC#N)CC1(OC)c1ccc(N)s1. The van der Waals surface area contributed by atoms with Crippen LogP contribution in [0.15, 0.2) is 47.8 Å². The van der Waals surface area contributed by atoms with Gasteiger partial charge in [-0.05, 0) is 29.9 Å². The summed E-state index contributed by atoms with van der Waals surface area (Å²) in [6.45, 7) is 0. The number of nitrogen functional groups attached to an aromatic ring is 1. The second-order valence-electron chi connectivity index (χ2n) is 4.35. The molecule has 5 heteroatoms. The molecule has 0 amide bonds. The Kier molecular flexibility index (Phi) is 4.28. The molecule has 2 rings (SSSR count). The van der Waals surface area contributed by atoms with Gasteiger partial charge in [0.1, 0.15) is 5.76 Å². The first-order valence-electron chi connectivity index (χ1n) is 6.08. The molecule has 1 heterocycles. The zero-order valence-corrected chi connectivity index (χ0v) is 12.2. The molecule has 104 valence electrons. The molecule has 1 aliphatic carbocycles. The summed E-state index contributed by atoms with van der Waals surface area (Å²) in [5.74, 6) is 0.732. The topological polar surface area (TPSA) is 68.3 Å². The van der Waals surface area contributed by atoms with Gasteiger partial charge in [-0.2, -0.15) is 5.26 Å². The largest absolute Gasteiger partial charge is 0.498 e. The molecule has 20 heavy (non-hydrogen) atoms. The van der Waals surface area contributed by atoms with Crippen LogP contribution >= 0.6 is 11.3 Å². The predicted molar refractivity (Wildman–Crippen MR) is 80.0 cm³/mol. The molecule has 0 aliphatic heterocycles. The highest BCUT2D eigenvalue weighted by Gasteiger charge is 2.41. The lowest BCUT2D eigenvalue weighted by molar-refractivity contribution is -0.0216. The molecule has 0 saturated heterocycles. The van der Waals surface area contributed by atoms with Gasteiger partial charge in [-0.3, -0.25) is 0 Å². The Hall–Kier alpha value is -2.03. The molecule has 0 fully saturated rings. The molecule has 1 aromatic rings. The van der Waals surface area contributed by atoms with Gasteiger partial charge in [-0.1, -0.05) is 6.08 Å². The zero-order chi connectivity index (χ0) is 14.6. The van der Waals surface area contributed by atoms with Crippen molar-refractivity contribution in [3.05, 3.63) is 52.6 Å². The van der Waals surface area contributed by atoms with Gasteiger partial charge in [0.15, 0.2) is 5.60 Å². The van der Waals surface area contributed by atoms with Crippen molar-refractivity contribution in [1.82, 2.24) is 0 Å². The number of rotatable bonds is 4. The molecule has 0 spiro atoms. The average Bonchev–Trinajstić information content (AvgIpc) is 2.91. The minimum Gasteiger partial charge on any atom is -0.498 e. The Morgan fingerprint density at radius 2 is 2.20 bits per heavy atom. The number of methoxy groups -OCH3 is 2. The number of anilines is 1. The third kappa shape index (κ3) is 2.48. The van der Waals surface area contributed by atoms with E-state index < -0.39 is 5.60 Å². The quantitative estimate of drug-likeness (QED) is 0.864. The number of allylic oxidation sites excluding steroid dienone is 4. The Morgan fingerprint density at radius 3 is 2.75 bits per heavy atom. The summed E-state index contributed by atoms with van der Waals surface area (Å²) < 4.78 is 11.3. The van der Waals surface area contributed by atoms with Crippen molar-refractivity contribution in [2.24, 2.45) is 0 Å². The zero-order valence-electron chi connectivity index (χ0n) is 11.4. The summed E-state index contributed by atoms with van der Waals surface area (Å²) in [5.41, 5.74) is 6.15. The Balaban J connectivity index is 2.47. The van der Waals surface area contributed by atoms with Gasteiger partial charge >= 0.3 is 0 Å². The van der Waals surface area contributed by atoms with Crippen LogP contribution in [0.2, 0.25) is 0 Å². The maximum absolute atomic E-state index is 8.65. The Morgan fingerprint density at radius 1 is 1.40 bits per heavy atom. The van der Waals surface area contributed by atoms with Crippen LogP contribution in [0.4, 0.5) is 5.00 Å². The molecule has 0 bridgehead atoms. The summed E-state index contributed by atoms with van der Waals surface area (Å²) in [6.07, 6.45) is 7.65. The van der Waals surface area contributed by atoms with E-state index in [4.69, 9.17) is 20.5 Å². The van der Waals surface area contributed by atoms with Crippen molar-refractivity contribution in [1.29, 1.82) is 5.26 Å². The highest BCUT2D eigenvalue weighted by atomic mass is 32.1. The van der Waals surface area contributed by atoms with Crippen molar-refractivity contribution in [2.75, 3.05) is 20.0 Å². The first-order valence-corrected chi connectivity index (χ1v) is 6.90. The van der Waals surface area contributed by atoms with Gasteiger partial charge in [0.2, 0.25) is 0 Å². The van der Waals surface area contributed by atoms with E-state index in [1.54, 1.807) is 20.3 Å². The van der Waals surface area contributed by atoms with Crippen molar-refractivity contribution in [3.8, 4) is 6.07 Å². The summed E-state index contributed by atoms with van der Waals surface area (Å²) in [6, 6.07) is 5.81. The molecular formula is C15H16N2O2S. The van der Waals surface area contributed by atoms with Crippen LogP contribution in [0.5, 0.6) is 0 Å². The molecule has 1 aromatic heterocycles. The third-order valence-electron chi connectivity index (χ3n) is 3.27. The van der Waals surface area contributed by atoms with E-state index >= 15 is 0 Å². The fraction of sp³-hybridized carbons (Fsp3) is 0.267. The van der Waals surface area contributed by atoms with E-state index in [1.165, 1.54) is 17.4 Å². The lowest BCUT2D eigenvalue weighted by Crippen LogP contribution is -2.33. The fourth-order valence-corrected chi connectivity index (χ4v) is 3.24. The molecular weight excluding hydrogens is 272 g/mol. The van der Waals surface area contributed by atoms with Gasteiger partial charge in [0.25, 0.3) is 0 Å². The van der Waals surface area contributed by atoms with E-state index in [-0.39, 0.29) is 0 Å². The summed E-state index contributed by atoms with van der Waals surface area (Å²) >= 11 is 1.48. The van der Waals surface area contributed by atoms with Crippen LogP contribution < -0.4 is 5.73 Å². The number of ether oxygens (including phenoxy) is 2. The molecule has 1 atom stereocenters.